The highest BCUT2D eigenvalue weighted by Crippen LogP contribution is 2.30. The predicted octanol–water partition coefficient (Wildman–Crippen LogP) is 3.43. The molecule has 0 radical (unpaired) electrons. The molecule has 2 unspecified atom stereocenters. The van der Waals surface area contributed by atoms with Crippen molar-refractivity contribution < 1.29 is 0 Å². The van der Waals surface area contributed by atoms with E-state index in [4.69, 9.17) is 4.98 Å². The van der Waals surface area contributed by atoms with Crippen molar-refractivity contribution in [2.24, 2.45) is 5.92 Å². The maximum Gasteiger partial charge on any atom is 0.133 e. The monoisotopic (exact) mass is 275 g/mol. The smallest absolute Gasteiger partial charge is 0.133 e. The van der Waals surface area contributed by atoms with Crippen LogP contribution >= 0.6 is 0 Å². The van der Waals surface area contributed by atoms with Crippen molar-refractivity contribution in [3.63, 3.8) is 0 Å². The minimum absolute atomic E-state index is 0.597. The van der Waals surface area contributed by atoms with Crippen molar-refractivity contribution in [3.05, 3.63) is 22.9 Å². The van der Waals surface area contributed by atoms with Gasteiger partial charge in [-0.1, -0.05) is 13.8 Å². The number of hydrogen-bond donors (Lipinski definition) is 1. The summed E-state index contributed by atoms with van der Waals surface area (Å²) in [6.45, 7) is 14.2. The first kappa shape index (κ1) is 15.3. The van der Waals surface area contributed by atoms with E-state index in [2.05, 4.69) is 50.9 Å². The highest BCUT2D eigenvalue weighted by atomic mass is 15.2. The van der Waals surface area contributed by atoms with Gasteiger partial charge in [0.2, 0.25) is 0 Å². The molecule has 2 rings (SSSR count). The maximum atomic E-state index is 4.88. The summed E-state index contributed by atoms with van der Waals surface area (Å²) in [4.78, 5) is 7.41. The Morgan fingerprint density at radius 3 is 2.75 bits per heavy atom. The molecule has 3 nitrogen and oxygen atoms in total. The van der Waals surface area contributed by atoms with Crippen LogP contribution in [0.25, 0.3) is 0 Å². The lowest BCUT2D eigenvalue weighted by molar-refractivity contribution is 0.387. The first-order valence-corrected chi connectivity index (χ1v) is 7.97. The molecule has 1 aromatic rings. The van der Waals surface area contributed by atoms with E-state index in [0.717, 1.165) is 31.2 Å². The Kier molecular flexibility index (Phi) is 5.03. The van der Waals surface area contributed by atoms with Crippen molar-refractivity contribution in [1.29, 1.82) is 0 Å². The number of aromatic nitrogens is 1. The third-order valence-electron chi connectivity index (χ3n) is 4.40. The van der Waals surface area contributed by atoms with Crippen LogP contribution in [0.4, 0.5) is 5.82 Å². The zero-order valence-electron chi connectivity index (χ0n) is 13.7. The Morgan fingerprint density at radius 2 is 2.05 bits per heavy atom. The normalized spacial score (nSPS) is 23.1. The molecule has 0 amide bonds. The lowest BCUT2D eigenvalue weighted by atomic mass is 9.94. The van der Waals surface area contributed by atoms with Crippen LogP contribution in [0.5, 0.6) is 0 Å². The number of piperidine rings is 1. The van der Waals surface area contributed by atoms with E-state index in [0.29, 0.717) is 6.04 Å². The van der Waals surface area contributed by atoms with Crippen molar-refractivity contribution in [2.45, 2.75) is 60.0 Å². The Bertz CT molecular complexity index is 456. The van der Waals surface area contributed by atoms with Gasteiger partial charge in [-0.2, -0.15) is 0 Å². The minimum Gasteiger partial charge on any atom is -0.353 e. The minimum atomic E-state index is 0.597. The maximum absolute atomic E-state index is 4.88. The van der Waals surface area contributed by atoms with Gasteiger partial charge in [0.1, 0.15) is 5.82 Å². The van der Waals surface area contributed by atoms with Gasteiger partial charge in [0.25, 0.3) is 0 Å². The highest BCUT2D eigenvalue weighted by molar-refractivity contribution is 5.52. The quantitative estimate of drug-likeness (QED) is 0.912. The van der Waals surface area contributed by atoms with Crippen LogP contribution in [-0.2, 0) is 6.54 Å². The molecule has 1 fully saturated rings. The Hall–Kier alpha value is -1.09. The van der Waals surface area contributed by atoms with Crippen molar-refractivity contribution in [1.82, 2.24) is 10.3 Å². The molecule has 1 aromatic heterocycles. The van der Waals surface area contributed by atoms with Gasteiger partial charge in [0, 0.05) is 30.4 Å². The summed E-state index contributed by atoms with van der Waals surface area (Å²) in [6, 6.07) is 2.80. The third-order valence-corrected chi connectivity index (χ3v) is 4.40. The molecule has 0 aliphatic carbocycles. The van der Waals surface area contributed by atoms with Crippen molar-refractivity contribution in [2.75, 3.05) is 18.0 Å². The molecule has 112 valence electrons. The molecule has 0 saturated carbocycles. The second kappa shape index (κ2) is 6.57. The summed E-state index contributed by atoms with van der Waals surface area (Å²) >= 11 is 0. The van der Waals surface area contributed by atoms with Gasteiger partial charge < -0.3 is 10.2 Å². The summed E-state index contributed by atoms with van der Waals surface area (Å²) in [5.74, 6) is 1.98. The molecule has 2 heterocycles. The number of nitrogens with one attached hydrogen (secondary N) is 1. The van der Waals surface area contributed by atoms with E-state index < -0.39 is 0 Å². The first-order chi connectivity index (χ1) is 9.52. The van der Waals surface area contributed by atoms with Gasteiger partial charge in [-0.3, -0.25) is 0 Å². The van der Waals surface area contributed by atoms with Gasteiger partial charge in [-0.25, -0.2) is 4.98 Å². The molecule has 2 atom stereocenters. The van der Waals surface area contributed by atoms with Crippen LogP contribution in [0.3, 0.4) is 0 Å². The topological polar surface area (TPSA) is 28.2 Å². The lowest BCUT2D eigenvalue weighted by Gasteiger charge is -2.39. The molecule has 1 saturated heterocycles. The number of pyridine rings is 1. The fourth-order valence-corrected chi connectivity index (χ4v) is 3.13. The Morgan fingerprint density at radius 1 is 1.30 bits per heavy atom. The summed E-state index contributed by atoms with van der Waals surface area (Å²) < 4.78 is 0. The summed E-state index contributed by atoms with van der Waals surface area (Å²) in [5, 5.41) is 3.46. The average molecular weight is 275 g/mol. The van der Waals surface area contributed by atoms with E-state index in [-0.39, 0.29) is 0 Å². The van der Waals surface area contributed by atoms with E-state index >= 15 is 0 Å². The predicted molar refractivity (Wildman–Crippen MR) is 86.3 cm³/mol. The van der Waals surface area contributed by atoms with Crippen LogP contribution in [0.1, 0.15) is 50.4 Å². The fraction of sp³-hybridized carbons (Fsp3) is 0.706. The number of aryl methyl sites for hydroxylation is 2. The number of anilines is 1. The van der Waals surface area contributed by atoms with Gasteiger partial charge in [-0.05, 0) is 57.7 Å². The summed E-state index contributed by atoms with van der Waals surface area (Å²) in [6.07, 6.45) is 2.61. The molecular weight excluding hydrogens is 246 g/mol. The van der Waals surface area contributed by atoms with Crippen LogP contribution in [-0.4, -0.2) is 24.1 Å². The largest absolute Gasteiger partial charge is 0.353 e. The molecule has 3 heteroatoms. The second-order valence-corrected chi connectivity index (χ2v) is 6.35. The Balaban J connectivity index is 2.37. The second-order valence-electron chi connectivity index (χ2n) is 6.35. The SMILES string of the molecule is CCNCc1c(C)cc(C)nc1N1CC(C)CCC1C. The van der Waals surface area contributed by atoms with Gasteiger partial charge in [0.15, 0.2) is 0 Å². The standard InChI is InChI=1S/C17H29N3/c1-6-18-10-16-13(3)9-14(4)19-17(16)20-11-12(2)7-8-15(20)5/h9,12,15,18H,6-8,10-11H2,1-5H3. The number of rotatable bonds is 4. The highest BCUT2D eigenvalue weighted by Gasteiger charge is 2.26. The summed E-state index contributed by atoms with van der Waals surface area (Å²) in [5.41, 5.74) is 3.86. The van der Waals surface area contributed by atoms with E-state index in [1.165, 1.54) is 29.8 Å². The molecule has 1 aliphatic heterocycles. The van der Waals surface area contributed by atoms with E-state index in [1.807, 2.05) is 0 Å². The lowest BCUT2D eigenvalue weighted by Crippen LogP contribution is -2.42. The van der Waals surface area contributed by atoms with Crippen molar-refractivity contribution >= 4 is 5.82 Å². The van der Waals surface area contributed by atoms with E-state index in [9.17, 15) is 0 Å². The molecular formula is C17H29N3. The third kappa shape index (κ3) is 3.32. The van der Waals surface area contributed by atoms with Crippen LogP contribution in [0, 0.1) is 19.8 Å². The first-order valence-electron chi connectivity index (χ1n) is 7.97. The molecule has 0 spiro atoms. The zero-order chi connectivity index (χ0) is 14.7. The number of hydrogen-bond acceptors (Lipinski definition) is 3. The molecule has 0 aromatic carbocycles. The number of nitrogens with zero attached hydrogens (tertiary/aromatic N) is 2. The van der Waals surface area contributed by atoms with Gasteiger partial charge in [-0.15, -0.1) is 0 Å². The zero-order valence-corrected chi connectivity index (χ0v) is 13.7. The van der Waals surface area contributed by atoms with Gasteiger partial charge >= 0.3 is 0 Å². The molecule has 0 bridgehead atoms. The van der Waals surface area contributed by atoms with Crippen molar-refractivity contribution in [3.8, 4) is 0 Å². The van der Waals surface area contributed by atoms with Gasteiger partial charge in [0.05, 0.1) is 0 Å². The van der Waals surface area contributed by atoms with E-state index in [1.54, 1.807) is 0 Å². The van der Waals surface area contributed by atoms with Crippen LogP contribution in [0.15, 0.2) is 6.07 Å². The fourth-order valence-electron chi connectivity index (χ4n) is 3.13. The summed E-state index contributed by atoms with van der Waals surface area (Å²) in [7, 11) is 0. The Labute approximate surface area is 123 Å². The average Bonchev–Trinajstić information content (AvgIpc) is 2.40. The van der Waals surface area contributed by atoms with Crippen LogP contribution in [0.2, 0.25) is 0 Å². The molecule has 20 heavy (non-hydrogen) atoms. The molecule has 1 N–H and O–H groups in total. The molecule has 1 aliphatic rings. The van der Waals surface area contributed by atoms with Crippen LogP contribution < -0.4 is 10.2 Å².